The number of hydrogen-bond donors (Lipinski definition) is 1. The third-order valence-corrected chi connectivity index (χ3v) is 3.49. The van der Waals surface area contributed by atoms with Crippen LogP contribution in [0.3, 0.4) is 0 Å². The summed E-state index contributed by atoms with van der Waals surface area (Å²) < 4.78 is 0. The van der Waals surface area contributed by atoms with Gasteiger partial charge in [0.15, 0.2) is 0 Å². The van der Waals surface area contributed by atoms with E-state index in [0.29, 0.717) is 4.99 Å². The molecule has 0 aliphatic carbocycles. The number of rotatable bonds is 5. The van der Waals surface area contributed by atoms with E-state index in [1.165, 1.54) is 12.8 Å². The molecule has 1 aliphatic rings. The summed E-state index contributed by atoms with van der Waals surface area (Å²) in [6.07, 6.45) is 9.74. The summed E-state index contributed by atoms with van der Waals surface area (Å²) in [6.45, 7) is 5.83. The third kappa shape index (κ3) is 3.81. The number of pyridine rings is 1. The molecule has 1 N–H and O–H groups in total. The van der Waals surface area contributed by atoms with E-state index in [0.717, 1.165) is 24.5 Å². The standard InChI is InChI=1S/C15H20N4S/c1-3-4-9-18(2)17-15(20)13-7-8-14(16-12-13)19-10-5-6-11-19/h3-4,7-9,12H,1,5-6,10-11H2,2H3,(H,17,20)/b9-4-. The Morgan fingerprint density at radius 3 is 2.80 bits per heavy atom. The summed E-state index contributed by atoms with van der Waals surface area (Å²) in [5, 5.41) is 1.79. The second kappa shape index (κ2) is 7.05. The van der Waals surface area contributed by atoms with E-state index in [4.69, 9.17) is 12.2 Å². The van der Waals surface area contributed by atoms with Crippen LogP contribution in [0.25, 0.3) is 0 Å². The SMILES string of the molecule is C=C/C=C\N(C)NC(=S)c1ccc(N2CCCC2)nc1. The fraction of sp³-hybridized carbons (Fsp3) is 0.333. The number of nitrogens with zero attached hydrogens (tertiary/aromatic N) is 3. The monoisotopic (exact) mass is 288 g/mol. The first-order chi connectivity index (χ1) is 9.70. The van der Waals surface area contributed by atoms with Crippen molar-refractivity contribution >= 4 is 23.0 Å². The number of hydrazine groups is 1. The maximum absolute atomic E-state index is 5.36. The van der Waals surface area contributed by atoms with Gasteiger partial charge in [-0.25, -0.2) is 4.98 Å². The van der Waals surface area contributed by atoms with Crippen LogP contribution in [-0.4, -0.2) is 35.1 Å². The first-order valence-corrected chi connectivity index (χ1v) is 7.15. The summed E-state index contributed by atoms with van der Waals surface area (Å²) in [4.78, 5) is 7.46. The molecule has 1 saturated heterocycles. The maximum atomic E-state index is 5.36. The van der Waals surface area contributed by atoms with Gasteiger partial charge in [0.25, 0.3) is 0 Å². The Hall–Kier alpha value is -1.88. The van der Waals surface area contributed by atoms with Crippen molar-refractivity contribution in [3.63, 3.8) is 0 Å². The minimum atomic E-state index is 0.654. The van der Waals surface area contributed by atoms with Gasteiger partial charge in [-0.3, -0.25) is 10.4 Å². The van der Waals surface area contributed by atoms with Crippen molar-refractivity contribution in [3.8, 4) is 0 Å². The van der Waals surface area contributed by atoms with Gasteiger partial charge in [-0.2, -0.15) is 0 Å². The van der Waals surface area contributed by atoms with Gasteiger partial charge in [0.2, 0.25) is 0 Å². The molecule has 106 valence electrons. The highest BCUT2D eigenvalue weighted by Gasteiger charge is 2.13. The van der Waals surface area contributed by atoms with Crippen LogP contribution in [0.1, 0.15) is 18.4 Å². The van der Waals surface area contributed by atoms with Crippen LogP contribution >= 0.6 is 12.2 Å². The number of nitrogens with one attached hydrogen (secondary N) is 1. The Kier molecular flexibility index (Phi) is 5.12. The lowest BCUT2D eigenvalue weighted by Crippen LogP contribution is -2.34. The number of hydrogen-bond acceptors (Lipinski definition) is 4. The second-order valence-corrected chi connectivity index (χ2v) is 5.14. The van der Waals surface area contributed by atoms with Gasteiger partial charge >= 0.3 is 0 Å². The molecule has 0 atom stereocenters. The van der Waals surface area contributed by atoms with Crippen LogP contribution in [0.2, 0.25) is 0 Å². The lowest BCUT2D eigenvalue weighted by atomic mass is 10.3. The summed E-state index contributed by atoms with van der Waals surface area (Å²) in [5.74, 6) is 1.04. The van der Waals surface area contributed by atoms with Crippen LogP contribution < -0.4 is 10.3 Å². The molecule has 0 unspecified atom stereocenters. The highest BCUT2D eigenvalue weighted by molar-refractivity contribution is 7.80. The Balaban J connectivity index is 1.96. The fourth-order valence-corrected chi connectivity index (χ4v) is 2.37. The molecule has 1 aromatic rings. The number of anilines is 1. The molecule has 0 spiro atoms. The Morgan fingerprint density at radius 1 is 1.45 bits per heavy atom. The molecule has 20 heavy (non-hydrogen) atoms. The molecular formula is C15H20N4S. The van der Waals surface area contributed by atoms with E-state index in [9.17, 15) is 0 Å². The van der Waals surface area contributed by atoms with Crippen molar-refractivity contribution in [2.45, 2.75) is 12.8 Å². The summed E-state index contributed by atoms with van der Waals surface area (Å²) >= 11 is 5.36. The predicted molar refractivity (Wildman–Crippen MR) is 87.6 cm³/mol. The molecule has 0 radical (unpaired) electrons. The highest BCUT2D eigenvalue weighted by Crippen LogP contribution is 2.17. The predicted octanol–water partition coefficient (Wildman–Crippen LogP) is 2.49. The highest BCUT2D eigenvalue weighted by atomic mass is 32.1. The van der Waals surface area contributed by atoms with Crippen molar-refractivity contribution in [3.05, 3.63) is 48.8 Å². The molecule has 1 fully saturated rings. The van der Waals surface area contributed by atoms with Gasteiger partial charge in [-0.1, -0.05) is 24.9 Å². The van der Waals surface area contributed by atoms with E-state index in [1.54, 1.807) is 11.1 Å². The van der Waals surface area contributed by atoms with Crippen LogP contribution in [-0.2, 0) is 0 Å². The van der Waals surface area contributed by atoms with Crippen LogP contribution in [0.5, 0.6) is 0 Å². The van der Waals surface area contributed by atoms with Crippen molar-refractivity contribution < 1.29 is 0 Å². The first kappa shape index (κ1) is 14.5. The zero-order chi connectivity index (χ0) is 14.4. The molecule has 2 heterocycles. The van der Waals surface area contributed by atoms with Gasteiger partial charge in [-0.15, -0.1) is 0 Å². The smallest absolute Gasteiger partial charge is 0.128 e. The van der Waals surface area contributed by atoms with Crippen molar-refractivity contribution in [1.82, 2.24) is 15.4 Å². The van der Waals surface area contributed by atoms with Crippen molar-refractivity contribution in [2.24, 2.45) is 0 Å². The van der Waals surface area contributed by atoms with E-state index in [-0.39, 0.29) is 0 Å². The molecule has 0 aromatic carbocycles. The van der Waals surface area contributed by atoms with E-state index < -0.39 is 0 Å². The average molecular weight is 288 g/mol. The molecule has 2 rings (SSSR count). The van der Waals surface area contributed by atoms with E-state index in [1.807, 2.05) is 37.7 Å². The zero-order valence-electron chi connectivity index (χ0n) is 11.7. The first-order valence-electron chi connectivity index (χ1n) is 6.75. The van der Waals surface area contributed by atoms with Crippen molar-refractivity contribution in [1.29, 1.82) is 0 Å². The molecular weight excluding hydrogens is 268 g/mol. The molecule has 1 aromatic heterocycles. The van der Waals surface area contributed by atoms with Gasteiger partial charge in [0, 0.05) is 38.1 Å². The second-order valence-electron chi connectivity index (χ2n) is 4.73. The van der Waals surface area contributed by atoms with Gasteiger partial charge in [-0.05, 0) is 31.1 Å². The van der Waals surface area contributed by atoms with Gasteiger partial charge < -0.3 is 4.90 Å². The largest absolute Gasteiger partial charge is 0.357 e. The number of thiocarbonyl (C=S) groups is 1. The Morgan fingerprint density at radius 2 is 2.20 bits per heavy atom. The minimum Gasteiger partial charge on any atom is -0.357 e. The molecule has 0 saturated carbocycles. The quantitative estimate of drug-likeness (QED) is 0.511. The lowest BCUT2D eigenvalue weighted by Gasteiger charge is -2.19. The zero-order valence-corrected chi connectivity index (χ0v) is 12.6. The molecule has 0 bridgehead atoms. The van der Waals surface area contributed by atoms with E-state index >= 15 is 0 Å². The molecule has 5 heteroatoms. The Bertz CT molecular complexity index is 489. The third-order valence-electron chi connectivity index (χ3n) is 3.16. The summed E-state index contributed by atoms with van der Waals surface area (Å²) in [5.41, 5.74) is 4.01. The molecule has 1 aliphatic heterocycles. The average Bonchev–Trinajstić information content (AvgIpc) is 2.99. The minimum absolute atomic E-state index is 0.654. The van der Waals surface area contributed by atoms with Crippen LogP contribution in [0, 0.1) is 0 Å². The fourth-order valence-electron chi connectivity index (χ4n) is 2.11. The maximum Gasteiger partial charge on any atom is 0.128 e. The summed E-state index contributed by atoms with van der Waals surface area (Å²) in [7, 11) is 1.89. The Labute approximate surface area is 125 Å². The van der Waals surface area contributed by atoms with Crippen LogP contribution in [0.4, 0.5) is 5.82 Å². The lowest BCUT2D eigenvalue weighted by molar-refractivity contribution is 0.412. The molecule has 0 amide bonds. The van der Waals surface area contributed by atoms with Gasteiger partial charge in [0.05, 0.1) is 0 Å². The topological polar surface area (TPSA) is 31.4 Å². The normalized spacial score (nSPS) is 14.6. The van der Waals surface area contributed by atoms with Gasteiger partial charge in [0.1, 0.15) is 10.8 Å². The summed E-state index contributed by atoms with van der Waals surface area (Å²) in [6, 6.07) is 4.05. The molecule has 4 nitrogen and oxygen atoms in total. The number of allylic oxidation sites excluding steroid dienone is 2. The van der Waals surface area contributed by atoms with E-state index in [2.05, 4.69) is 21.9 Å². The number of aromatic nitrogens is 1. The van der Waals surface area contributed by atoms with Crippen molar-refractivity contribution in [2.75, 3.05) is 25.0 Å². The van der Waals surface area contributed by atoms with Crippen LogP contribution in [0.15, 0.2) is 43.3 Å².